The van der Waals surface area contributed by atoms with Crippen molar-refractivity contribution in [3.8, 4) is 11.5 Å². The zero-order chi connectivity index (χ0) is 19.2. The number of hydrogen-bond acceptors (Lipinski definition) is 7. The number of nitro benzene ring substituents is 1. The van der Waals surface area contributed by atoms with Crippen LogP contribution in [0.15, 0.2) is 29.4 Å². The Morgan fingerprint density at radius 2 is 1.68 bits per heavy atom. The van der Waals surface area contributed by atoms with Crippen molar-refractivity contribution in [2.75, 3.05) is 6.79 Å². The van der Waals surface area contributed by atoms with Gasteiger partial charge in [0.1, 0.15) is 0 Å². The molecule has 1 aromatic rings. The number of imide groups is 1. The van der Waals surface area contributed by atoms with Gasteiger partial charge in [-0.15, -0.1) is 0 Å². The highest BCUT2D eigenvalue weighted by Gasteiger charge is 2.67. The number of carbonyl (C=O) groups excluding carboxylic acids is 2. The molecule has 6 aliphatic rings. The maximum Gasteiger partial charge on any atom is 0.282 e. The average molecular weight is 381 g/mol. The first-order valence-corrected chi connectivity index (χ1v) is 9.23. The van der Waals surface area contributed by atoms with Crippen molar-refractivity contribution in [1.29, 1.82) is 0 Å². The molecule has 2 saturated carbocycles. The van der Waals surface area contributed by atoms with Gasteiger partial charge < -0.3 is 9.47 Å². The Balaban J connectivity index is 1.34. The largest absolute Gasteiger partial charge is 0.454 e. The quantitative estimate of drug-likeness (QED) is 0.259. The van der Waals surface area contributed by atoms with Crippen LogP contribution in [0.1, 0.15) is 12.0 Å². The molecule has 28 heavy (non-hydrogen) atoms. The number of benzene rings is 1. The van der Waals surface area contributed by atoms with Crippen LogP contribution in [0.25, 0.3) is 0 Å². The highest BCUT2D eigenvalue weighted by molar-refractivity contribution is 6.06. The lowest BCUT2D eigenvalue weighted by Gasteiger charge is -2.37. The summed E-state index contributed by atoms with van der Waals surface area (Å²) in [6.45, 7) is -0.0162. The standard InChI is InChI=1S/C19H15N3O6/c23-18-16-9-1-2-10(12-4-11(9)12)17(16)19(24)21(18)20-6-8-3-14-15(28-7-27-14)5-13(8)22(25)26/h1-3,5-6,9-12,16-17H,4,7H2/b20-6+/t9-,10-,11-,12-,16+,17+/m1/s1. The van der Waals surface area contributed by atoms with Gasteiger partial charge in [0.15, 0.2) is 11.5 Å². The van der Waals surface area contributed by atoms with Gasteiger partial charge in [-0.2, -0.15) is 10.1 Å². The second-order valence-corrected chi connectivity index (χ2v) is 7.91. The fourth-order valence-electron chi connectivity index (χ4n) is 5.38. The summed E-state index contributed by atoms with van der Waals surface area (Å²) in [5, 5.41) is 16.3. The third-order valence-electron chi connectivity index (χ3n) is 6.67. The van der Waals surface area contributed by atoms with Crippen LogP contribution in [0.5, 0.6) is 11.5 Å². The molecule has 142 valence electrons. The lowest BCUT2D eigenvalue weighted by Crippen LogP contribution is -2.40. The van der Waals surface area contributed by atoms with E-state index in [2.05, 4.69) is 17.3 Å². The molecule has 7 rings (SSSR count). The monoisotopic (exact) mass is 381 g/mol. The Morgan fingerprint density at radius 3 is 2.29 bits per heavy atom. The predicted molar refractivity (Wildman–Crippen MR) is 93.4 cm³/mol. The van der Waals surface area contributed by atoms with Crippen LogP contribution in [-0.2, 0) is 9.59 Å². The third-order valence-corrected chi connectivity index (χ3v) is 6.67. The van der Waals surface area contributed by atoms with Gasteiger partial charge in [0.2, 0.25) is 6.79 Å². The molecular weight excluding hydrogens is 366 g/mol. The van der Waals surface area contributed by atoms with Crippen molar-refractivity contribution >= 4 is 23.7 Å². The van der Waals surface area contributed by atoms with Gasteiger partial charge in [-0.05, 0) is 36.2 Å². The summed E-state index contributed by atoms with van der Waals surface area (Å²) in [7, 11) is 0. The summed E-state index contributed by atoms with van der Waals surface area (Å²) in [5.41, 5.74) is -0.0823. The molecular formula is C19H15N3O6. The molecule has 0 N–H and O–H groups in total. The van der Waals surface area contributed by atoms with Crippen LogP contribution in [0.4, 0.5) is 5.69 Å². The summed E-state index contributed by atoms with van der Waals surface area (Å²) in [6, 6.07) is 2.69. The van der Waals surface area contributed by atoms with Crippen molar-refractivity contribution in [2.45, 2.75) is 6.42 Å². The van der Waals surface area contributed by atoms with E-state index in [1.807, 2.05) is 0 Å². The molecule has 1 aromatic carbocycles. The van der Waals surface area contributed by atoms with Crippen molar-refractivity contribution in [3.05, 3.63) is 40.0 Å². The minimum atomic E-state index is -0.561. The molecule has 0 aromatic heterocycles. The number of ether oxygens (including phenoxy) is 2. The van der Waals surface area contributed by atoms with Gasteiger partial charge in [0.05, 0.1) is 34.6 Å². The summed E-state index contributed by atoms with van der Waals surface area (Å²) >= 11 is 0. The molecule has 3 fully saturated rings. The lowest BCUT2D eigenvalue weighted by atomic mass is 9.63. The Morgan fingerprint density at radius 1 is 1.07 bits per heavy atom. The van der Waals surface area contributed by atoms with Crippen LogP contribution in [-0.4, -0.2) is 34.8 Å². The van der Waals surface area contributed by atoms with Gasteiger partial charge >= 0.3 is 0 Å². The topological polar surface area (TPSA) is 111 Å². The first-order chi connectivity index (χ1) is 13.5. The summed E-state index contributed by atoms with van der Waals surface area (Å²) in [5.74, 6) is 0.558. The van der Waals surface area contributed by atoms with E-state index in [1.165, 1.54) is 18.3 Å². The molecule has 1 saturated heterocycles. The maximum atomic E-state index is 12.9. The van der Waals surface area contributed by atoms with Gasteiger partial charge in [-0.25, -0.2) is 0 Å². The Kier molecular flexibility index (Phi) is 2.92. The molecule has 6 atom stereocenters. The number of rotatable bonds is 3. The molecule has 2 bridgehead atoms. The summed E-state index contributed by atoms with van der Waals surface area (Å²) in [4.78, 5) is 36.6. The number of hydrazone groups is 1. The normalized spacial score (nSPS) is 36.2. The number of carbonyl (C=O) groups is 2. The lowest BCUT2D eigenvalue weighted by molar-refractivity contribution is -0.385. The Hall–Kier alpha value is -3.23. The molecule has 0 unspecified atom stereocenters. The highest BCUT2D eigenvalue weighted by atomic mass is 16.7. The fraction of sp³-hybridized carbons (Fsp3) is 0.421. The first-order valence-electron chi connectivity index (χ1n) is 9.23. The second kappa shape index (κ2) is 5.18. The van der Waals surface area contributed by atoms with E-state index in [0.29, 0.717) is 17.6 Å². The van der Waals surface area contributed by atoms with Crippen molar-refractivity contribution in [3.63, 3.8) is 0 Å². The maximum absolute atomic E-state index is 12.9. The summed E-state index contributed by atoms with van der Waals surface area (Å²) < 4.78 is 10.4. The molecule has 0 spiro atoms. The number of nitrogens with zero attached hydrogens (tertiary/aromatic N) is 3. The van der Waals surface area contributed by atoms with Crippen LogP contribution >= 0.6 is 0 Å². The number of fused-ring (bicyclic) bond motifs is 1. The van der Waals surface area contributed by atoms with E-state index in [1.54, 1.807) is 0 Å². The molecule has 2 heterocycles. The molecule has 9 heteroatoms. The molecule has 2 amide bonds. The first kappa shape index (κ1) is 15.8. The molecule has 9 nitrogen and oxygen atoms in total. The number of hydrogen-bond donors (Lipinski definition) is 0. The third kappa shape index (κ3) is 1.93. The van der Waals surface area contributed by atoms with E-state index >= 15 is 0 Å². The van der Waals surface area contributed by atoms with Crippen LogP contribution in [0.2, 0.25) is 0 Å². The average Bonchev–Trinajstić information content (AvgIpc) is 3.33. The minimum Gasteiger partial charge on any atom is -0.454 e. The van der Waals surface area contributed by atoms with Gasteiger partial charge in [0, 0.05) is 0 Å². The van der Waals surface area contributed by atoms with Crippen molar-refractivity contribution in [1.82, 2.24) is 5.01 Å². The van der Waals surface area contributed by atoms with E-state index in [0.717, 1.165) is 11.4 Å². The number of allylic oxidation sites excluding steroid dienone is 2. The smallest absolute Gasteiger partial charge is 0.282 e. The van der Waals surface area contributed by atoms with Crippen molar-refractivity contribution in [2.24, 2.45) is 40.6 Å². The van der Waals surface area contributed by atoms with Crippen LogP contribution in [0.3, 0.4) is 0 Å². The molecule has 0 radical (unpaired) electrons. The zero-order valence-electron chi connectivity index (χ0n) is 14.6. The Labute approximate surface area is 158 Å². The van der Waals surface area contributed by atoms with E-state index in [4.69, 9.17) is 9.47 Å². The fourth-order valence-corrected chi connectivity index (χ4v) is 5.38. The molecule has 2 aliphatic heterocycles. The van der Waals surface area contributed by atoms with E-state index in [9.17, 15) is 19.7 Å². The van der Waals surface area contributed by atoms with Crippen molar-refractivity contribution < 1.29 is 24.0 Å². The van der Waals surface area contributed by atoms with Crippen LogP contribution < -0.4 is 9.47 Å². The SMILES string of the molecule is O=C1[C@H]2[C@@H]3C=C[C@H]([C@H]4C[C@H]34)[C@@H]2C(=O)N1/N=C/c1cc2c(cc1[N+](=O)[O-])OCO2. The number of amides is 2. The van der Waals surface area contributed by atoms with Gasteiger partial charge in [-0.3, -0.25) is 19.7 Å². The highest BCUT2D eigenvalue weighted by Crippen LogP contribution is 2.65. The molecule has 4 aliphatic carbocycles. The summed E-state index contributed by atoms with van der Waals surface area (Å²) in [6.07, 6.45) is 6.44. The second-order valence-electron chi connectivity index (χ2n) is 7.91. The van der Waals surface area contributed by atoms with Gasteiger partial charge in [0.25, 0.3) is 17.5 Å². The minimum absolute atomic E-state index is 0.0162. The van der Waals surface area contributed by atoms with E-state index in [-0.39, 0.29) is 59.3 Å². The van der Waals surface area contributed by atoms with Gasteiger partial charge in [-0.1, -0.05) is 12.2 Å². The predicted octanol–water partition coefficient (Wildman–Crippen LogP) is 1.71. The van der Waals surface area contributed by atoms with E-state index < -0.39 is 4.92 Å². The Bertz CT molecular complexity index is 981. The number of nitro groups is 1. The zero-order valence-corrected chi connectivity index (χ0v) is 14.6. The van der Waals surface area contributed by atoms with Crippen LogP contribution in [0, 0.1) is 45.6 Å².